The molecule has 0 atom stereocenters. The van der Waals surface area contributed by atoms with Crippen LogP contribution in [0.3, 0.4) is 0 Å². The Balaban J connectivity index is 1.55. The second-order valence-electron chi connectivity index (χ2n) is 7.11. The van der Waals surface area contributed by atoms with Crippen LogP contribution in [0.4, 0.5) is 0 Å². The second kappa shape index (κ2) is 9.98. The van der Waals surface area contributed by atoms with Crippen LogP contribution in [0, 0.1) is 5.92 Å². The van der Waals surface area contributed by atoms with E-state index in [-0.39, 0.29) is 17.7 Å². The number of rotatable bonds is 5. The Morgan fingerprint density at radius 2 is 1.76 bits per heavy atom. The zero-order valence-electron chi connectivity index (χ0n) is 16.9. The maximum atomic E-state index is 12.6. The standard InChI is InChI=1S/C21H27ClN2O5/c1-27-18-14-15(13-17(22)20(18)28-2)3-4-19(25)23-7-5-16(6-8-23)21(26)24-9-11-29-12-10-24/h3-4,13-14,16H,5-12H2,1-2H3/b4-3+. The normalized spacial score (nSPS) is 18.2. The molecule has 158 valence electrons. The maximum absolute atomic E-state index is 12.6. The van der Waals surface area contributed by atoms with Gasteiger partial charge in [-0.1, -0.05) is 11.6 Å². The number of amides is 2. The summed E-state index contributed by atoms with van der Waals surface area (Å²) in [7, 11) is 3.06. The van der Waals surface area contributed by atoms with Gasteiger partial charge in [0.05, 0.1) is 32.5 Å². The van der Waals surface area contributed by atoms with E-state index in [9.17, 15) is 9.59 Å². The first-order chi connectivity index (χ1) is 14.0. The van der Waals surface area contributed by atoms with Gasteiger partial charge in [-0.3, -0.25) is 9.59 Å². The van der Waals surface area contributed by atoms with Crippen LogP contribution in [0.1, 0.15) is 18.4 Å². The molecule has 2 aliphatic heterocycles. The summed E-state index contributed by atoms with van der Waals surface area (Å²) < 4.78 is 15.8. The van der Waals surface area contributed by atoms with Gasteiger partial charge >= 0.3 is 0 Å². The zero-order valence-corrected chi connectivity index (χ0v) is 17.6. The minimum absolute atomic E-state index is 0.00853. The Bertz CT molecular complexity index is 769. The first-order valence-corrected chi connectivity index (χ1v) is 10.2. The van der Waals surface area contributed by atoms with E-state index in [1.165, 1.54) is 20.3 Å². The molecule has 0 spiro atoms. The molecule has 1 aromatic carbocycles. The lowest BCUT2D eigenvalue weighted by molar-refractivity contribution is -0.142. The van der Waals surface area contributed by atoms with E-state index in [0.29, 0.717) is 68.8 Å². The van der Waals surface area contributed by atoms with Gasteiger partial charge in [-0.05, 0) is 36.6 Å². The van der Waals surface area contributed by atoms with Crippen molar-refractivity contribution >= 4 is 29.5 Å². The number of likely N-dealkylation sites (tertiary alicyclic amines) is 1. The van der Waals surface area contributed by atoms with Crippen LogP contribution < -0.4 is 9.47 Å². The van der Waals surface area contributed by atoms with Crippen LogP contribution in [0.5, 0.6) is 11.5 Å². The van der Waals surface area contributed by atoms with Gasteiger partial charge in [0.1, 0.15) is 0 Å². The molecule has 0 saturated carbocycles. The van der Waals surface area contributed by atoms with Crippen LogP contribution in [0.25, 0.3) is 6.08 Å². The number of ether oxygens (including phenoxy) is 3. The van der Waals surface area contributed by atoms with Gasteiger partial charge in [-0.15, -0.1) is 0 Å². The highest BCUT2D eigenvalue weighted by atomic mass is 35.5. The minimum atomic E-state index is -0.0758. The molecule has 2 aliphatic rings. The maximum Gasteiger partial charge on any atom is 0.246 e. The molecule has 0 aromatic heterocycles. The lowest BCUT2D eigenvalue weighted by atomic mass is 9.95. The van der Waals surface area contributed by atoms with Crippen molar-refractivity contribution in [1.29, 1.82) is 0 Å². The highest BCUT2D eigenvalue weighted by Crippen LogP contribution is 2.36. The molecule has 1 aromatic rings. The summed E-state index contributed by atoms with van der Waals surface area (Å²) in [6.45, 7) is 3.69. The summed E-state index contributed by atoms with van der Waals surface area (Å²) in [6.07, 6.45) is 4.62. The molecule has 0 bridgehead atoms. The van der Waals surface area contributed by atoms with Crippen LogP contribution in [0.2, 0.25) is 5.02 Å². The number of morpholine rings is 1. The molecular weight excluding hydrogens is 396 g/mol. The summed E-state index contributed by atoms with van der Waals surface area (Å²) in [5.41, 5.74) is 0.749. The quantitative estimate of drug-likeness (QED) is 0.682. The lowest BCUT2D eigenvalue weighted by Gasteiger charge is -2.35. The predicted octanol–water partition coefficient (Wildman–Crippen LogP) is 2.47. The Morgan fingerprint density at radius 1 is 1.07 bits per heavy atom. The average Bonchev–Trinajstić information content (AvgIpc) is 2.77. The van der Waals surface area contributed by atoms with Crippen molar-refractivity contribution in [2.45, 2.75) is 12.8 Å². The van der Waals surface area contributed by atoms with E-state index >= 15 is 0 Å². The van der Waals surface area contributed by atoms with Crippen LogP contribution >= 0.6 is 11.6 Å². The lowest BCUT2D eigenvalue weighted by Crippen LogP contribution is -2.47. The highest BCUT2D eigenvalue weighted by Gasteiger charge is 2.30. The number of piperidine rings is 1. The van der Waals surface area contributed by atoms with E-state index in [4.69, 9.17) is 25.8 Å². The predicted molar refractivity (Wildman–Crippen MR) is 110 cm³/mol. The number of carbonyl (C=O) groups is 2. The van der Waals surface area contributed by atoms with Crippen molar-refractivity contribution in [3.8, 4) is 11.5 Å². The fraction of sp³-hybridized carbons (Fsp3) is 0.524. The van der Waals surface area contributed by atoms with E-state index in [0.717, 1.165) is 5.56 Å². The third-order valence-electron chi connectivity index (χ3n) is 5.35. The topological polar surface area (TPSA) is 68.3 Å². The zero-order chi connectivity index (χ0) is 20.8. The van der Waals surface area contributed by atoms with Crippen molar-refractivity contribution in [3.05, 3.63) is 28.8 Å². The van der Waals surface area contributed by atoms with Gasteiger partial charge in [0.15, 0.2) is 11.5 Å². The molecule has 0 N–H and O–H groups in total. The SMILES string of the molecule is COc1cc(/C=C/C(=O)N2CCC(C(=O)N3CCOCC3)CC2)cc(Cl)c1OC. The summed E-state index contributed by atoms with van der Waals surface area (Å²) in [5, 5.41) is 0.418. The first-order valence-electron chi connectivity index (χ1n) is 9.78. The molecule has 2 amide bonds. The highest BCUT2D eigenvalue weighted by molar-refractivity contribution is 6.32. The summed E-state index contributed by atoms with van der Waals surface area (Å²) >= 11 is 6.21. The number of halogens is 1. The fourth-order valence-corrected chi connectivity index (χ4v) is 3.99. The molecule has 0 unspecified atom stereocenters. The number of hydrogen-bond donors (Lipinski definition) is 0. The van der Waals surface area contributed by atoms with Crippen molar-refractivity contribution in [2.75, 3.05) is 53.6 Å². The fourth-order valence-electron chi connectivity index (χ4n) is 3.70. The van der Waals surface area contributed by atoms with E-state index in [1.807, 2.05) is 4.90 Å². The summed E-state index contributed by atoms with van der Waals surface area (Å²) in [6, 6.07) is 3.49. The summed E-state index contributed by atoms with van der Waals surface area (Å²) in [4.78, 5) is 28.8. The Hall–Kier alpha value is -2.25. The monoisotopic (exact) mass is 422 g/mol. The number of hydrogen-bond acceptors (Lipinski definition) is 5. The van der Waals surface area contributed by atoms with Crippen molar-refractivity contribution in [3.63, 3.8) is 0 Å². The van der Waals surface area contributed by atoms with Gasteiger partial charge in [0, 0.05) is 38.2 Å². The molecule has 0 radical (unpaired) electrons. The molecule has 2 saturated heterocycles. The van der Waals surface area contributed by atoms with Gasteiger partial charge in [0.2, 0.25) is 11.8 Å². The average molecular weight is 423 g/mol. The number of methoxy groups -OCH3 is 2. The molecule has 2 fully saturated rings. The molecule has 29 heavy (non-hydrogen) atoms. The molecule has 7 nitrogen and oxygen atoms in total. The molecular formula is C21H27ClN2O5. The smallest absolute Gasteiger partial charge is 0.246 e. The van der Waals surface area contributed by atoms with Gasteiger partial charge in [-0.25, -0.2) is 0 Å². The van der Waals surface area contributed by atoms with Gasteiger partial charge in [0.25, 0.3) is 0 Å². The van der Waals surface area contributed by atoms with E-state index < -0.39 is 0 Å². The Morgan fingerprint density at radius 3 is 2.38 bits per heavy atom. The first kappa shape index (κ1) is 21.5. The van der Waals surface area contributed by atoms with Crippen LogP contribution in [-0.4, -0.2) is 75.2 Å². The molecule has 8 heteroatoms. The van der Waals surface area contributed by atoms with Crippen LogP contribution in [0.15, 0.2) is 18.2 Å². The summed E-state index contributed by atoms with van der Waals surface area (Å²) in [5.74, 6) is 1.08. The number of nitrogens with zero attached hydrogens (tertiary/aromatic N) is 2. The third kappa shape index (κ3) is 5.22. The van der Waals surface area contributed by atoms with Gasteiger partial charge < -0.3 is 24.0 Å². The van der Waals surface area contributed by atoms with E-state index in [2.05, 4.69) is 0 Å². The van der Waals surface area contributed by atoms with Crippen molar-refractivity contribution < 1.29 is 23.8 Å². The molecule has 0 aliphatic carbocycles. The van der Waals surface area contributed by atoms with Crippen molar-refractivity contribution in [1.82, 2.24) is 9.80 Å². The van der Waals surface area contributed by atoms with Gasteiger partial charge in [-0.2, -0.15) is 0 Å². The molecule has 3 rings (SSSR count). The Labute approximate surface area is 176 Å². The number of carbonyl (C=O) groups excluding carboxylic acids is 2. The minimum Gasteiger partial charge on any atom is -0.493 e. The number of benzene rings is 1. The van der Waals surface area contributed by atoms with Crippen molar-refractivity contribution in [2.24, 2.45) is 5.92 Å². The second-order valence-corrected chi connectivity index (χ2v) is 7.52. The van der Waals surface area contributed by atoms with E-state index in [1.54, 1.807) is 23.1 Å². The molecule has 2 heterocycles. The largest absolute Gasteiger partial charge is 0.493 e. The Kier molecular flexibility index (Phi) is 7.39. The third-order valence-corrected chi connectivity index (χ3v) is 5.63. The van der Waals surface area contributed by atoms with Crippen LogP contribution in [-0.2, 0) is 14.3 Å².